The van der Waals surface area contributed by atoms with Gasteiger partial charge < -0.3 is 14.4 Å². The minimum Gasteiger partial charge on any atom is -0.491 e. The maximum absolute atomic E-state index is 12.5. The van der Waals surface area contributed by atoms with Gasteiger partial charge in [-0.15, -0.1) is 5.10 Å². The third-order valence-corrected chi connectivity index (χ3v) is 4.91. The first kappa shape index (κ1) is 21.8. The molecular weight excluding hydrogens is 380 g/mol. The minimum absolute atomic E-state index is 0.139. The molecule has 1 aromatic carbocycles. The lowest BCUT2D eigenvalue weighted by atomic mass is 9.91. The zero-order chi connectivity index (χ0) is 21.3. The first-order valence-corrected chi connectivity index (χ1v) is 10.4. The number of carbonyl (C=O) groups excluding carboxylic acids is 1. The summed E-state index contributed by atoms with van der Waals surface area (Å²) >= 11 is 0. The number of amides is 2. The van der Waals surface area contributed by atoms with Crippen molar-refractivity contribution in [2.45, 2.75) is 33.3 Å². The second-order valence-electron chi connectivity index (χ2n) is 7.70. The number of nitrogens with one attached hydrogen (secondary N) is 1. The van der Waals surface area contributed by atoms with E-state index in [0.717, 1.165) is 17.7 Å². The number of likely N-dealkylation sites (tertiary alicyclic amines) is 1. The van der Waals surface area contributed by atoms with Crippen molar-refractivity contribution in [1.82, 2.24) is 15.1 Å². The monoisotopic (exact) mass is 410 g/mol. The third kappa shape index (κ3) is 6.56. The van der Waals surface area contributed by atoms with Gasteiger partial charge in [0.2, 0.25) is 0 Å². The van der Waals surface area contributed by atoms with Crippen molar-refractivity contribution in [2.75, 3.05) is 31.6 Å². The van der Waals surface area contributed by atoms with Crippen LogP contribution in [0.3, 0.4) is 0 Å². The Bertz CT molecular complexity index is 855. The zero-order valence-electron chi connectivity index (χ0n) is 17.9. The summed E-state index contributed by atoms with van der Waals surface area (Å²) < 4.78 is 11.3. The van der Waals surface area contributed by atoms with Crippen LogP contribution in [0.4, 0.5) is 10.6 Å². The predicted octanol–water partition coefficient (Wildman–Crippen LogP) is 4.24. The van der Waals surface area contributed by atoms with E-state index >= 15 is 0 Å². The van der Waals surface area contributed by atoms with E-state index in [2.05, 4.69) is 34.6 Å². The van der Waals surface area contributed by atoms with Gasteiger partial charge in [0, 0.05) is 19.3 Å². The van der Waals surface area contributed by atoms with Gasteiger partial charge in [0.25, 0.3) is 0 Å². The van der Waals surface area contributed by atoms with E-state index in [4.69, 9.17) is 9.47 Å². The van der Waals surface area contributed by atoms with Crippen molar-refractivity contribution in [3.63, 3.8) is 0 Å². The SMILES string of the molecule is CC(C)OCCOc1cccc(/C=C2\CCN(C(=O)Nc3cccnn3)CC2C)c1. The van der Waals surface area contributed by atoms with Gasteiger partial charge in [0.15, 0.2) is 5.82 Å². The molecule has 1 atom stereocenters. The van der Waals surface area contributed by atoms with E-state index in [-0.39, 0.29) is 18.1 Å². The van der Waals surface area contributed by atoms with Crippen molar-refractivity contribution in [3.05, 3.63) is 53.7 Å². The van der Waals surface area contributed by atoms with Crippen LogP contribution in [0.1, 0.15) is 32.8 Å². The number of carbonyl (C=O) groups is 1. The normalized spacial score (nSPS) is 17.9. The average molecular weight is 411 g/mol. The summed E-state index contributed by atoms with van der Waals surface area (Å²) in [5.41, 5.74) is 2.44. The van der Waals surface area contributed by atoms with Crippen molar-refractivity contribution >= 4 is 17.9 Å². The molecule has 3 rings (SSSR count). The lowest BCUT2D eigenvalue weighted by molar-refractivity contribution is 0.0552. The van der Waals surface area contributed by atoms with Gasteiger partial charge >= 0.3 is 6.03 Å². The Hall–Kier alpha value is -2.93. The fourth-order valence-electron chi connectivity index (χ4n) is 3.36. The highest BCUT2D eigenvalue weighted by molar-refractivity contribution is 5.88. The molecule has 2 amide bonds. The lowest BCUT2D eigenvalue weighted by Gasteiger charge is -2.33. The van der Waals surface area contributed by atoms with Crippen LogP contribution >= 0.6 is 0 Å². The molecular formula is C23H30N4O3. The van der Waals surface area contributed by atoms with Crippen molar-refractivity contribution in [2.24, 2.45) is 5.92 Å². The average Bonchev–Trinajstić information content (AvgIpc) is 2.73. The number of nitrogens with zero attached hydrogens (tertiary/aromatic N) is 3. The highest BCUT2D eigenvalue weighted by Crippen LogP contribution is 2.26. The molecule has 1 unspecified atom stereocenters. The molecule has 160 valence electrons. The second kappa shape index (κ2) is 10.7. The fourth-order valence-corrected chi connectivity index (χ4v) is 3.36. The van der Waals surface area contributed by atoms with Crippen LogP contribution in [0.5, 0.6) is 5.75 Å². The van der Waals surface area contributed by atoms with Gasteiger partial charge in [-0.05, 0) is 56.0 Å². The van der Waals surface area contributed by atoms with Crippen LogP contribution in [0.2, 0.25) is 0 Å². The van der Waals surface area contributed by atoms with E-state index in [1.807, 2.05) is 36.9 Å². The molecule has 7 nitrogen and oxygen atoms in total. The van der Waals surface area contributed by atoms with Crippen LogP contribution < -0.4 is 10.1 Å². The summed E-state index contributed by atoms with van der Waals surface area (Å²) in [5.74, 6) is 1.58. The minimum atomic E-state index is -0.139. The molecule has 0 saturated carbocycles. The van der Waals surface area contributed by atoms with Gasteiger partial charge in [-0.3, -0.25) is 5.32 Å². The molecule has 1 N–H and O–H groups in total. The molecule has 1 aliphatic heterocycles. The molecule has 1 fully saturated rings. The Morgan fingerprint density at radius 1 is 1.30 bits per heavy atom. The maximum Gasteiger partial charge on any atom is 0.323 e. The molecule has 1 aromatic heterocycles. The van der Waals surface area contributed by atoms with Crippen molar-refractivity contribution in [3.8, 4) is 5.75 Å². The molecule has 0 aliphatic carbocycles. The van der Waals surface area contributed by atoms with Gasteiger partial charge in [0.1, 0.15) is 12.4 Å². The van der Waals surface area contributed by atoms with E-state index in [1.54, 1.807) is 18.3 Å². The number of hydrogen-bond donors (Lipinski definition) is 1. The van der Waals surface area contributed by atoms with Crippen molar-refractivity contribution in [1.29, 1.82) is 0 Å². The number of hydrogen-bond acceptors (Lipinski definition) is 5. The van der Waals surface area contributed by atoms with Gasteiger partial charge in [-0.25, -0.2) is 4.79 Å². The number of rotatable bonds is 7. The smallest absolute Gasteiger partial charge is 0.323 e. The fraction of sp³-hybridized carbons (Fsp3) is 0.435. The van der Waals surface area contributed by atoms with Gasteiger partial charge in [0.05, 0.1) is 12.7 Å². The highest BCUT2D eigenvalue weighted by Gasteiger charge is 2.24. The number of urea groups is 1. The number of benzene rings is 1. The van der Waals surface area contributed by atoms with Crippen molar-refractivity contribution < 1.29 is 14.3 Å². The number of ether oxygens (including phenoxy) is 2. The van der Waals surface area contributed by atoms with Crippen LogP contribution in [0.25, 0.3) is 6.08 Å². The molecule has 2 heterocycles. The Labute approximate surface area is 178 Å². The molecule has 0 bridgehead atoms. The van der Waals surface area contributed by atoms with E-state index in [0.29, 0.717) is 32.1 Å². The summed E-state index contributed by atoms with van der Waals surface area (Å²) in [7, 11) is 0. The molecule has 30 heavy (non-hydrogen) atoms. The molecule has 0 spiro atoms. The predicted molar refractivity (Wildman–Crippen MR) is 117 cm³/mol. The Morgan fingerprint density at radius 2 is 2.17 bits per heavy atom. The summed E-state index contributed by atoms with van der Waals surface area (Å²) in [6, 6.07) is 11.4. The van der Waals surface area contributed by atoms with E-state index in [1.165, 1.54) is 5.57 Å². The van der Waals surface area contributed by atoms with E-state index in [9.17, 15) is 4.79 Å². The molecule has 0 radical (unpaired) electrons. The van der Waals surface area contributed by atoms with Gasteiger partial charge in [-0.2, -0.15) is 5.10 Å². The number of anilines is 1. The summed E-state index contributed by atoms with van der Waals surface area (Å²) in [6.07, 6.45) is 4.83. The Balaban J connectivity index is 1.55. The summed E-state index contributed by atoms with van der Waals surface area (Å²) in [5, 5.41) is 10.5. The van der Waals surface area contributed by atoms with Gasteiger partial charge in [-0.1, -0.05) is 30.7 Å². The molecule has 1 saturated heterocycles. The van der Waals surface area contributed by atoms with Crippen LogP contribution in [-0.2, 0) is 4.74 Å². The third-order valence-electron chi connectivity index (χ3n) is 4.91. The second-order valence-corrected chi connectivity index (χ2v) is 7.70. The highest BCUT2D eigenvalue weighted by atomic mass is 16.5. The quantitative estimate of drug-likeness (QED) is 0.691. The molecule has 1 aliphatic rings. The first-order valence-electron chi connectivity index (χ1n) is 10.4. The maximum atomic E-state index is 12.5. The molecule has 2 aromatic rings. The molecule has 7 heteroatoms. The number of piperidine rings is 1. The summed E-state index contributed by atoms with van der Waals surface area (Å²) in [4.78, 5) is 14.3. The Kier molecular flexibility index (Phi) is 7.79. The van der Waals surface area contributed by atoms with E-state index < -0.39 is 0 Å². The van der Waals surface area contributed by atoms with Crippen LogP contribution in [-0.4, -0.2) is 53.5 Å². The standard InChI is InChI=1S/C23H30N4O3/c1-17(2)29-12-13-30-21-7-4-6-19(15-21)14-20-9-11-27(16-18(20)3)23(28)25-22-8-5-10-24-26-22/h4-8,10,14-15,17-18H,9,11-13,16H2,1-3H3,(H,25,26,28)/b20-14+. The zero-order valence-corrected chi connectivity index (χ0v) is 17.9. The summed E-state index contributed by atoms with van der Waals surface area (Å²) in [6.45, 7) is 8.62. The number of aromatic nitrogens is 2. The van der Waals surface area contributed by atoms with Crippen LogP contribution in [0.15, 0.2) is 48.2 Å². The topological polar surface area (TPSA) is 76.6 Å². The lowest BCUT2D eigenvalue weighted by Crippen LogP contribution is -2.42. The Morgan fingerprint density at radius 3 is 2.90 bits per heavy atom. The van der Waals surface area contributed by atoms with Crippen LogP contribution in [0, 0.1) is 5.92 Å². The largest absolute Gasteiger partial charge is 0.491 e. The first-order chi connectivity index (χ1) is 14.5.